The van der Waals surface area contributed by atoms with E-state index in [-0.39, 0.29) is 4.90 Å². The quantitative estimate of drug-likeness (QED) is 0.922. The molecule has 0 aromatic heterocycles. The van der Waals surface area contributed by atoms with Crippen molar-refractivity contribution >= 4 is 10.0 Å². The van der Waals surface area contributed by atoms with E-state index in [0.29, 0.717) is 18.0 Å². The second-order valence-electron chi connectivity index (χ2n) is 5.39. The molecule has 1 aliphatic rings. The molecule has 6 heteroatoms. The van der Waals surface area contributed by atoms with Gasteiger partial charge in [-0.3, -0.25) is 0 Å². The van der Waals surface area contributed by atoms with Crippen molar-refractivity contribution in [1.82, 2.24) is 9.62 Å². The van der Waals surface area contributed by atoms with Gasteiger partial charge in [0.1, 0.15) is 5.82 Å². The molecular weight excluding hydrogens is 279 g/mol. The molecular formula is C14H21FN2O2S. The van der Waals surface area contributed by atoms with Crippen molar-refractivity contribution in [3.05, 3.63) is 29.6 Å². The van der Waals surface area contributed by atoms with Crippen molar-refractivity contribution in [2.75, 3.05) is 26.7 Å². The molecule has 0 spiro atoms. The number of hydrogen-bond acceptors (Lipinski definition) is 3. The summed E-state index contributed by atoms with van der Waals surface area (Å²) < 4.78 is 39.5. The third-order valence-corrected chi connectivity index (χ3v) is 5.78. The Balaban J connectivity index is 2.16. The summed E-state index contributed by atoms with van der Waals surface area (Å²) in [5, 5.41) is 3.26. The second kappa shape index (κ2) is 6.20. The Morgan fingerprint density at radius 1 is 1.35 bits per heavy atom. The molecule has 112 valence electrons. The van der Waals surface area contributed by atoms with E-state index in [1.54, 1.807) is 14.0 Å². The second-order valence-corrected chi connectivity index (χ2v) is 7.40. The number of sulfonamides is 1. The van der Waals surface area contributed by atoms with E-state index in [1.165, 1.54) is 22.5 Å². The molecule has 20 heavy (non-hydrogen) atoms. The van der Waals surface area contributed by atoms with E-state index in [9.17, 15) is 12.8 Å². The number of rotatable bonds is 4. The fourth-order valence-electron chi connectivity index (χ4n) is 2.60. The van der Waals surface area contributed by atoms with Crippen LogP contribution < -0.4 is 5.32 Å². The van der Waals surface area contributed by atoms with Crippen molar-refractivity contribution in [2.45, 2.75) is 24.7 Å². The molecule has 0 saturated carbocycles. The highest BCUT2D eigenvalue weighted by molar-refractivity contribution is 7.89. The van der Waals surface area contributed by atoms with Crippen LogP contribution in [0.5, 0.6) is 0 Å². The van der Waals surface area contributed by atoms with Gasteiger partial charge in [0.2, 0.25) is 10.0 Å². The van der Waals surface area contributed by atoms with Crippen LogP contribution in [-0.2, 0) is 10.0 Å². The Kier molecular flexibility index (Phi) is 4.78. The summed E-state index contributed by atoms with van der Waals surface area (Å²) in [7, 11) is -1.94. The smallest absolute Gasteiger partial charge is 0.243 e. The minimum atomic E-state index is -3.54. The van der Waals surface area contributed by atoms with E-state index in [1.807, 2.05) is 0 Å². The van der Waals surface area contributed by atoms with Gasteiger partial charge < -0.3 is 5.32 Å². The lowest BCUT2D eigenvalue weighted by Gasteiger charge is -2.27. The Bertz CT molecular complexity index is 569. The first kappa shape index (κ1) is 15.4. The van der Waals surface area contributed by atoms with Crippen molar-refractivity contribution in [3.8, 4) is 0 Å². The molecule has 1 aromatic rings. The molecule has 0 aliphatic carbocycles. The van der Waals surface area contributed by atoms with E-state index >= 15 is 0 Å². The summed E-state index contributed by atoms with van der Waals surface area (Å²) in [6.45, 7) is 4.01. The largest absolute Gasteiger partial charge is 0.317 e. The maximum Gasteiger partial charge on any atom is 0.243 e. The number of halogens is 1. The summed E-state index contributed by atoms with van der Waals surface area (Å²) in [6, 6.07) is 3.79. The van der Waals surface area contributed by atoms with Crippen LogP contribution in [0.1, 0.15) is 18.4 Å². The number of aryl methyl sites for hydroxylation is 1. The minimum absolute atomic E-state index is 0.190. The van der Waals surface area contributed by atoms with Crippen molar-refractivity contribution in [1.29, 1.82) is 0 Å². The first-order valence-electron chi connectivity index (χ1n) is 6.84. The zero-order valence-electron chi connectivity index (χ0n) is 11.9. The normalized spacial score (nSPS) is 17.6. The van der Waals surface area contributed by atoms with Crippen LogP contribution >= 0.6 is 0 Å². The molecule has 0 unspecified atom stereocenters. The maximum atomic E-state index is 13.1. The zero-order valence-corrected chi connectivity index (χ0v) is 12.7. The lowest BCUT2D eigenvalue weighted by atomic mass is 9.98. The molecule has 1 fully saturated rings. The predicted octanol–water partition coefficient (Wildman–Crippen LogP) is 1.75. The number of nitrogens with zero attached hydrogens (tertiary/aromatic N) is 1. The molecule has 1 N–H and O–H groups in total. The Morgan fingerprint density at radius 2 is 2.00 bits per heavy atom. The molecule has 1 saturated heterocycles. The lowest BCUT2D eigenvalue weighted by molar-refractivity contribution is 0.311. The first-order chi connectivity index (χ1) is 9.41. The first-order valence-corrected chi connectivity index (χ1v) is 8.28. The van der Waals surface area contributed by atoms with Gasteiger partial charge >= 0.3 is 0 Å². The number of piperidine rings is 1. The van der Waals surface area contributed by atoms with Crippen LogP contribution in [0.4, 0.5) is 4.39 Å². The van der Waals surface area contributed by atoms with E-state index in [4.69, 9.17) is 0 Å². The summed E-state index contributed by atoms with van der Waals surface area (Å²) in [6.07, 6.45) is 1.98. The van der Waals surface area contributed by atoms with Crippen LogP contribution in [0.3, 0.4) is 0 Å². The Labute approximate surface area is 120 Å². The van der Waals surface area contributed by atoms with Gasteiger partial charge in [0, 0.05) is 13.6 Å². The van der Waals surface area contributed by atoms with Crippen molar-refractivity contribution in [2.24, 2.45) is 5.92 Å². The average Bonchev–Trinajstić information content (AvgIpc) is 2.39. The predicted molar refractivity (Wildman–Crippen MR) is 76.5 cm³/mol. The van der Waals surface area contributed by atoms with Crippen molar-refractivity contribution < 1.29 is 12.8 Å². The lowest BCUT2D eigenvalue weighted by Crippen LogP contribution is -2.37. The van der Waals surface area contributed by atoms with Gasteiger partial charge in [-0.2, -0.15) is 0 Å². The van der Waals surface area contributed by atoms with Gasteiger partial charge in [-0.1, -0.05) is 0 Å². The fourth-order valence-corrected chi connectivity index (χ4v) is 4.04. The number of nitrogens with one attached hydrogen (secondary N) is 1. The van der Waals surface area contributed by atoms with Gasteiger partial charge in [0.15, 0.2) is 0 Å². The van der Waals surface area contributed by atoms with Crippen LogP contribution in [-0.4, -0.2) is 39.4 Å². The van der Waals surface area contributed by atoms with Crippen LogP contribution in [0.15, 0.2) is 23.1 Å². The topological polar surface area (TPSA) is 49.4 Å². The Hall–Kier alpha value is -0.980. The molecule has 4 nitrogen and oxygen atoms in total. The minimum Gasteiger partial charge on any atom is -0.317 e. The monoisotopic (exact) mass is 300 g/mol. The van der Waals surface area contributed by atoms with Crippen LogP contribution in [0.25, 0.3) is 0 Å². The summed E-state index contributed by atoms with van der Waals surface area (Å²) in [5.74, 6) is -0.0285. The maximum absolute atomic E-state index is 13.1. The highest BCUT2D eigenvalue weighted by atomic mass is 32.2. The number of hydrogen-bond donors (Lipinski definition) is 1. The average molecular weight is 300 g/mol. The Morgan fingerprint density at radius 3 is 2.60 bits per heavy atom. The molecule has 0 bridgehead atoms. The summed E-state index contributed by atoms with van der Waals surface area (Å²) in [4.78, 5) is 0.190. The summed E-state index contributed by atoms with van der Waals surface area (Å²) in [5.41, 5.74) is 0.446. The molecule has 1 aliphatic heterocycles. The van der Waals surface area contributed by atoms with E-state index in [2.05, 4.69) is 5.32 Å². The molecule has 0 atom stereocenters. The van der Waals surface area contributed by atoms with Gasteiger partial charge in [-0.25, -0.2) is 17.1 Å². The van der Waals surface area contributed by atoms with Gasteiger partial charge in [-0.05, 0) is 62.5 Å². The van der Waals surface area contributed by atoms with Gasteiger partial charge in [0.25, 0.3) is 0 Å². The highest BCUT2D eigenvalue weighted by Gasteiger charge is 2.26. The van der Waals surface area contributed by atoms with Crippen molar-refractivity contribution in [3.63, 3.8) is 0 Å². The molecule has 1 aromatic carbocycles. The number of benzene rings is 1. The SMILES string of the molecule is Cc1cc(F)ccc1S(=O)(=O)N(C)CC1CCNCC1. The van der Waals surface area contributed by atoms with E-state index in [0.717, 1.165) is 25.9 Å². The molecule has 0 amide bonds. The molecule has 1 heterocycles. The van der Waals surface area contributed by atoms with Gasteiger partial charge in [0.05, 0.1) is 4.90 Å². The highest BCUT2D eigenvalue weighted by Crippen LogP contribution is 2.22. The zero-order chi connectivity index (χ0) is 14.8. The standard InChI is InChI=1S/C14H21FN2O2S/c1-11-9-13(15)3-4-14(11)20(18,19)17(2)10-12-5-7-16-8-6-12/h3-4,9,12,16H,5-8,10H2,1-2H3. The molecule has 2 rings (SSSR count). The van der Waals surface area contributed by atoms with Crippen LogP contribution in [0.2, 0.25) is 0 Å². The fraction of sp³-hybridized carbons (Fsp3) is 0.571. The summed E-state index contributed by atoms with van der Waals surface area (Å²) >= 11 is 0. The third-order valence-electron chi connectivity index (χ3n) is 3.80. The van der Waals surface area contributed by atoms with Gasteiger partial charge in [-0.15, -0.1) is 0 Å². The van der Waals surface area contributed by atoms with Crippen LogP contribution in [0, 0.1) is 18.7 Å². The third kappa shape index (κ3) is 3.37. The van der Waals surface area contributed by atoms with E-state index < -0.39 is 15.8 Å². The molecule has 0 radical (unpaired) electrons.